The molecule has 1 aromatic carbocycles. The number of benzene rings is 1. The Morgan fingerprint density at radius 1 is 0.973 bits per heavy atom. The van der Waals surface area contributed by atoms with Crippen LogP contribution in [0.15, 0.2) is 29.1 Å². The summed E-state index contributed by atoms with van der Waals surface area (Å²) in [6.45, 7) is 17.7. The van der Waals surface area contributed by atoms with Crippen molar-refractivity contribution in [2.24, 2.45) is 5.92 Å². The first-order chi connectivity index (χ1) is 18.0. The molecule has 37 heavy (non-hydrogen) atoms. The van der Waals surface area contributed by atoms with Crippen LogP contribution < -0.4 is 11.0 Å². The Balaban J connectivity index is 0.00000115. The van der Waals surface area contributed by atoms with Gasteiger partial charge in [-0.3, -0.25) is 9.36 Å². The lowest BCUT2D eigenvalue weighted by Crippen LogP contribution is -2.44. The fourth-order valence-electron chi connectivity index (χ4n) is 4.82. The third-order valence-corrected chi connectivity index (χ3v) is 6.75. The Hall–Kier alpha value is -2.65. The summed E-state index contributed by atoms with van der Waals surface area (Å²) in [7, 11) is 0. The Labute approximate surface area is 221 Å². The van der Waals surface area contributed by atoms with Gasteiger partial charge in [0.2, 0.25) is 5.91 Å². The van der Waals surface area contributed by atoms with Gasteiger partial charge in [0.1, 0.15) is 0 Å². The lowest BCUT2D eigenvalue weighted by molar-refractivity contribution is -0.135. The highest BCUT2D eigenvalue weighted by Crippen LogP contribution is 2.18. The Morgan fingerprint density at radius 3 is 2.16 bits per heavy atom. The monoisotopic (exact) mass is 517 g/mol. The van der Waals surface area contributed by atoms with E-state index in [-0.39, 0.29) is 23.7 Å². The molecule has 3 heterocycles. The normalized spacial score (nSPS) is 16.6. The zero-order chi connectivity index (χ0) is 27.4. The van der Waals surface area contributed by atoms with Crippen molar-refractivity contribution in [3.8, 4) is 0 Å². The summed E-state index contributed by atoms with van der Waals surface area (Å²) in [6.07, 6.45) is 2.48. The number of hydrogen-bond acceptors (Lipinski definition) is 5. The average Bonchev–Trinajstić information content (AvgIpc) is 3.25. The summed E-state index contributed by atoms with van der Waals surface area (Å²) in [4.78, 5) is 42.4. The van der Waals surface area contributed by atoms with Gasteiger partial charge in [-0.05, 0) is 57.8 Å². The molecule has 2 aromatic rings. The summed E-state index contributed by atoms with van der Waals surface area (Å²) in [5.41, 5.74) is 1.10. The number of carbonyl (C=O) groups excluding carboxylic acids is 2. The molecule has 0 unspecified atom stereocenters. The van der Waals surface area contributed by atoms with Gasteiger partial charge in [0, 0.05) is 38.6 Å². The topological polar surface area (TPSA) is 88.8 Å². The van der Waals surface area contributed by atoms with Crippen LogP contribution in [-0.2, 0) is 9.53 Å². The van der Waals surface area contributed by atoms with Crippen molar-refractivity contribution in [1.82, 2.24) is 24.3 Å². The zero-order valence-corrected chi connectivity index (χ0v) is 23.7. The van der Waals surface area contributed by atoms with E-state index in [1.54, 1.807) is 4.57 Å². The van der Waals surface area contributed by atoms with Gasteiger partial charge >= 0.3 is 11.7 Å². The Bertz CT molecular complexity index is 1030. The number of hydrogen-bond donors (Lipinski definition) is 1. The summed E-state index contributed by atoms with van der Waals surface area (Å²) in [6, 6.07) is 7.01. The minimum Gasteiger partial charge on any atom is -0.378 e. The molecule has 2 saturated heterocycles. The van der Waals surface area contributed by atoms with Gasteiger partial charge in [0.15, 0.2) is 0 Å². The zero-order valence-electron chi connectivity index (χ0n) is 23.7. The van der Waals surface area contributed by atoms with Gasteiger partial charge < -0.3 is 19.9 Å². The first kappa shape index (κ1) is 30.6. The van der Waals surface area contributed by atoms with Crippen molar-refractivity contribution >= 4 is 23.0 Å². The number of aromatic nitrogens is 2. The summed E-state index contributed by atoms with van der Waals surface area (Å²) in [5.74, 6) is 0.577. The van der Waals surface area contributed by atoms with Crippen molar-refractivity contribution in [3.05, 3.63) is 34.7 Å². The molecule has 4 rings (SSSR count). The number of ether oxygens (including phenoxy) is 1. The van der Waals surface area contributed by atoms with Gasteiger partial charge in [0.05, 0.1) is 24.2 Å². The van der Waals surface area contributed by atoms with Gasteiger partial charge in [-0.25, -0.2) is 14.2 Å². The maximum Gasteiger partial charge on any atom is 0.337 e. The number of morpholine rings is 1. The van der Waals surface area contributed by atoms with Crippen LogP contribution in [0.4, 0.5) is 4.79 Å². The minimum atomic E-state index is -0.367. The molecule has 208 valence electrons. The number of rotatable bonds is 6. The fourth-order valence-corrected chi connectivity index (χ4v) is 4.82. The molecular formula is C28H47N5O4. The summed E-state index contributed by atoms with van der Waals surface area (Å²) >= 11 is 0. The second-order valence-corrected chi connectivity index (χ2v) is 9.28. The first-order valence-electron chi connectivity index (χ1n) is 14.0. The molecule has 0 bridgehead atoms. The molecule has 2 fully saturated rings. The molecule has 1 N–H and O–H groups in total. The van der Waals surface area contributed by atoms with E-state index in [9.17, 15) is 14.4 Å². The number of carbonyl (C=O) groups is 2. The average molecular weight is 518 g/mol. The highest BCUT2D eigenvalue weighted by molar-refractivity contribution is 5.89. The third-order valence-electron chi connectivity index (χ3n) is 6.75. The standard InChI is InChI=1S/C24H35N5O4.2C2H6/c1-18(2)28-20-5-3-4-6-21(20)29(24(28)32)23(31)25-17-19-7-10-26(11-8-19)12-9-22(30)27-13-15-33-16-14-27;2*1-2/h3-6,18-19H,7-17H2,1-2H3,(H,25,31);2*1-2H3. The molecular weight excluding hydrogens is 470 g/mol. The summed E-state index contributed by atoms with van der Waals surface area (Å²) in [5, 5.41) is 2.98. The molecule has 0 radical (unpaired) electrons. The van der Waals surface area contributed by atoms with E-state index in [0.29, 0.717) is 50.7 Å². The van der Waals surface area contributed by atoms with Crippen LogP contribution in [0, 0.1) is 5.92 Å². The quantitative estimate of drug-likeness (QED) is 0.627. The molecule has 0 spiro atoms. The molecule has 0 saturated carbocycles. The molecule has 2 aliphatic rings. The second-order valence-electron chi connectivity index (χ2n) is 9.28. The predicted molar refractivity (Wildman–Crippen MR) is 149 cm³/mol. The van der Waals surface area contributed by atoms with Crippen molar-refractivity contribution < 1.29 is 14.3 Å². The first-order valence-corrected chi connectivity index (χ1v) is 14.0. The number of piperidine rings is 1. The van der Waals surface area contributed by atoms with E-state index in [4.69, 9.17) is 4.74 Å². The number of amides is 2. The fraction of sp³-hybridized carbons (Fsp3) is 0.679. The van der Waals surface area contributed by atoms with Gasteiger partial charge in [-0.1, -0.05) is 39.8 Å². The number of para-hydroxylation sites is 2. The molecule has 2 aliphatic heterocycles. The molecule has 0 aliphatic carbocycles. The maximum atomic E-state index is 12.9. The molecule has 9 nitrogen and oxygen atoms in total. The minimum absolute atomic E-state index is 0.0316. The van der Waals surface area contributed by atoms with Crippen LogP contribution >= 0.6 is 0 Å². The lowest BCUT2D eigenvalue weighted by atomic mass is 9.96. The third kappa shape index (κ3) is 7.92. The summed E-state index contributed by atoms with van der Waals surface area (Å²) < 4.78 is 8.22. The van der Waals surface area contributed by atoms with Gasteiger partial charge in [0.25, 0.3) is 0 Å². The van der Waals surface area contributed by atoms with Crippen molar-refractivity contribution in [3.63, 3.8) is 0 Å². The van der Waals surface area contributed by atoms with Crippen molar-refractivity contribution in [2.75, 3.05) is 52.5 Å². The van der Waals surface area contributed by atoms with Crippen LogP contribution in [0.2, 0.25) is 0 Å². The lowest BCUT2D eigenvalue weighted by Gasteiger charge is -2.33. The van der Waals surface area contributed by atoms with Crippen molar-refractivity contribution in [1.29, 1.82) is 0 Å². The van der Waals surface area contributed by atoms with Crippen LogP contribution in [-0.4, -0.2) is 83.4 Å². The van der Waals surface area contributed by atoms with Crippen LogP contribution in [0.1, 0.15) is 66.8 Å². The SMILES string of the molecule is CC.CC.CC(C)n1c(=O)n(C(=O)NCC2CCN(CCC(=O)N3CCOCC3)CC2)c2ccccc21. The van der Waals surface area contributed by atoms with Crippen LogP contribution in [0.3, 0.4) is 0 Å². The van der Waals surface area contributed by atoms with Gasteiger partial charge in [-0.2, -0.15) is 0 Å². The smallest absolute Gasteiger partial charge is 0.337 e. The Kier molecular flexibility index (Phi) is 12.9. The number of nitrogens with one attached hydrogen (secondary N) is 1. The van der Waals surface area contributed by atoms with E-state index in [1.807, 2.05) is 70.7 Å². The number of likely N-dealkylation sites (tertiary alicyclic amines) is 1. The maximum absolute atomic E-state index is 12.9. The van der Waals surface area contributed by atoms with E-state index in [0.717, 1.165) is 38.0 Å². The highest BCUT2D eigenvalue weighted by Gasteiger charge is 2.24. The number of nitrogens with zero attached hydrogens (tertiary/aromatic N) is 4. The molecule has 9 heteroatoms. The van der Waals surface area contributed by atoms with Crippen molar-refractivity contribution in [2.45, 2.75) is 66.8 Å². The highest BCUT2D eigenvalue weighted by atomic mass is 16.5. The predicted octanol–water partition coefficient (Wildman–Crippen LogP) is 3.95. The van der Waals surface area contributed by atoms with E-state index in [2.05, 4.69) is 10.2 Å². The second kappa shape index (κ2) is 15.6. The van der Waals surface area contributed by atoms with Crippen LogP contribution in [0.5, 0.6) is 0 Å². The molecule has 2 amide bonds. The number of fused-ring (bicyclic) bond motifs is 1. The van der Waals surface area contributed by atoms with E-state index < -0.39 is 0 Å². The van der Waals surface area contributed by atoms with Gasteiger partial charge in [-0.15, -0.1) is 0 Å². The molecule has 1 aromatic heterocycles. The van der Waals surface area contributed by atoms with E-state index in [1.165, 1.54) is 4.57 Å². The molecule has 0 atom stereocenters. The Morgan fingerprint density at radius 2 is 1.57 bits per heavy atom. The number of imidazole rings is 1. The largest absolute Gasteiger partial charge is 0.378 e. The van der Waals surface area contributed by atoms with Crippen LogP contribution in [0.25, 0.3) is 11.0 Å². The van der Waals surface area contributed by atoms with E-state index >= 15 is 0 Å².